The summed E-state index contributed by atoms with van der Waals surface area (Å²) in [4.78, 5) is 26.0. The molecule has 25 heavy (non-hydrogen) atoms. The number of carbonyl (C=O) groups excluding carboxylic acids is 2. The van der Waals surface area contributed by atoms with E-state index in [-0.39, 0.29) is 17.7 Å². The van der Waals surface area contributed by atoms with Crippen molar-refractivity contribution in [3.63, 3.8) is 0 Å². The number of carbonyl (C=O) groups is 2. The highest BCUT2D eigenvalue weighted by Gasteiger charge is 2.30. The van der Waals surface area contributed by atoms with Crippen LogP contribution in [0, 0.1) is 0 Å². The Bertz CT molecular complexity index is 1010. The first-order valence-electron chi connectivity index (χ1n) is 7.87. The van der Waals surface area contributed by atoms with Crippen molar-refractivity contribution in [3.05, 3.63) is 95.1 Å². The monoisotopic (exact) mass is 325 g/mol. The minimum atomic E-state index is -0.0730. The number of ketones is 2. The Morgan fingerprint density at radius 1 is 0.440 bits per heavy atom. The topological polar surface area (TPSA) is 69.1 Å². The normalized spacial score (nSPS) is 12.6. The number of fused-ring (bicyclic) bond motifs is 4. The number of benzene rings is 4. The van der Waals surface area contributed by atoms with Crippen molar-refractivity contribution in [3.8, 4) is 0 Å². The van der Waals surface area contributed by atoms with Gasteiger partial charge >= 0.3 is 0 Å². The summed E-state index contributed by atoms with van der Waals surface area (Å²) in [6, 6.07) is 22.9. The van der Waals surface area contributed by atoms with Gasteiger partial charge in [-0.25, -0.2) is 0 Å². The van der Waals surface area contributed by atoms with Gasteiger partial charge in [-0.1, -0.05) is 48.5 Å². The molecule has 0 saturated heterocycles. The lowest BCUT2D eigenvalue weighted by Crippen LogP contribution is -2.20. The zero-order valence-corrected chi connectivity index (χ0v) is 13.5. The molecule has 0 aliphatic heterocycles. The molecule has 4 aromatic carbocycles. The molecule has 120 valence electrons. The van der Waals surface area contributed by atoms with E-state index in [1.807, 2.05) is 72.8 Å². The Morgan fingerprint density at radius 2 is 0.680 bits per heavy atom. The second-order valence-corrected chi connectivity index (χ2v) is 6.15. The molecule has 0 heterocycles. The largest absolute Gasteiger partial charge is 0.344 e. The van der Waals surface area contributed by atoms with Crippen molar-refractivity contribution in [2.45, 2.75) is 0 Å². The van der Waals surface area contributed by atoms with Gasteiger partial charge in [-0.05, 0) is 45.8 Å². The molecule has 0 amide bonds. The van der Waals surface area contributed by atoms with Crippen molar-refractivity contribution in [1.82, 2.24) is 6.15 Å². The molecule has 3 N–H and O–H groups in total. The number of hydrogen-bond acceptors (Lipinski definition) is 3. The van der Waals surface area contributed by atoms with Crippen LogP contribution in [0.15, 0.2) is 72.8 Å². The van der Waals surface area contributed by atoms with Gasteiger partial charge in [0.1, 0.15) is 0 Å². The van der Waals surface area contributed by atoms with E-state index in [1.54, 1.807) is 0 Å². The molecule has 0 saturated carbocycles. The highest BCUT2D eigenvalue weighted by Crippen LogP contribution is 2.32. The second-order valence-electron chi connectivity index (χ2n) is 6.15. The SMILES string of the molecule is N.O=C1c2cc3ccccc3cc2C(=O)c2cc3ccccc3cc21. The minimum absolute atomic E-state index is 0. The van der Waals surface area contributed by atoms with Crippen molar-refractivity contribution in [2.75, 3.05) is 0 Å². The van der Waals surface area contributed by atoms with Crippen LogP contribution in [0.2, 0.25) is 0 Å². The first-order valence-corrected chi connectivity index (χ1v) is 7.87. The van der Waals surface area contributed by atoms with Crippen LogP contribution in [0.4, 0.5) is 0 Å². The maximum atomic E-state index is 13.0. The highest BCUT2D eigenvalue weighted by molar-refractivity contribution is 6.30. The molecule has 1 aliphatic carbocycles. The third-order valence-electron chi connectivity index (χ3n) is 4.75. The molecule has 0 unspecified atom stereocenters. The van der Waals surface area contributed by atoms with Crippen LogP contribution in [-0.2, 0) is 0 Å². The first kappa shape index (κ1) is 15.2. The second kappa shape index (κ2) is 5.36. The zero-order valence-electron chi connectivity index (χ0n) is 13.5. The maximum absolute atomic E-state index is 13.0. The molecular weight excluding hydrogens is 310 g/mol. The van der Waals surface area contributed by atoms with E-state index < -0.39 is 0 Å². The third kappa shape index (κ3) is 2.10. The van der Waals surface area contributed by atoms with Gasteiger partial charge in [0.05, 0.1) is 0 Å². The van der Waals surface area contributed by atoms with E-state index in [0.29, 0.717) is 22.3 Å². The fraction of sp³-hybridized carbons (Fsp3) is 0. The molecule has 0 fully saturated rings. The summed E-state index contributed by atoms with van der Waals surface area (Å²) in [5.74, 6) is -0.146. The lowest BCUT2D eigenvalue weighted by molar-refractivity contribution is 0.0979. The van der Waals surface area contributed by atoms with Gasteiger partial charge in [-0.15, -0.1) is 0 Å². The maximum Gasteiger partial charge on any atom is 0.194 e. The van der Waals surface area contributed by atoms with Crippen LogP contribution in [0.1, 0.15) is 31.8 Å². The summed E-state index contributed by atoms with van der Waals surface area (Å²) in [7, 11) is 0. The predicted octanol–water partition coefficient (Wildman–Crippen LogP) is 4.93. The van der Waals surface area contributed by atoms with Crippen LogP contribution in [0.25, 0.3) is 21.5 Å². The lowest BCUT2D eigenvalue weighted by atomic mass is 9.81. The third-order valence-corrected chi connectivity index (χ3v) is 4.75. The average molecular weight is 325 g/mol. The van der Waals surface area contributed by atoms with E-state index in [4.69, 9.17) is 0 Å². The average Bonchev–Trinajstić information content (AvgIpc) is 2.64. The van der Waals surface area contributed by atoms with Crippen LogP contribution >= 0.6 is 0 Å². The predicted molar refractivity (Wildman–Crippen MR) is 99.8 cm³/mol. The summed E-state index contributed by atoms with van der Waals surface area (Å²) in [5, 5.41) is 3.89. The van der Waals surface area contributed by atoms with Crippen LogP contribution < -0.4 is 6.15 Å². The smallest absolute Gasteiger partial charge is 0.194 e. The Hall–Kier alpha value is -3.30. The van der Waals surface area contributed by atoms with Gasteiger partial charge in [-0.2, -0.15) is 0 Å². The van der Waals surface area contributed by atoms with Gasteiger partial charge in [0.15, 0.2) is 11.6 Å². The van der Waals surface area contributed by atoms with Gasteiger partial charge in [0.2, 0.25) is 0 Å². The van der Waals surface area contributed by atoms with E-state index in [2.05, 4.69) is 0 Å². The van der Waals surface area contributed by atoms with E-state index in [1.165, 1.54) is 0 Å². The van der Waals surface area contributed by atoms with Crippen LogP contribution in [-0.4, -0.2) is 11.6 Å². The summed E-state index contributed by atoms with van der Waals surface area (Å²) >= 11 is 0. The molecule has 3 nitrogen and oxygen atoms in total. The molecular formula is C22H15NO2. The molecule has 4 aromatic rings. The van der Waals surface area contributed by atoms with Crippen LogP contribution in [0.3, 0.4) is 0 Å². The standard InChI is InChI=1S/C22H12O2.H3N/c23-21-17-9-13-5-1-2-6-14(13)10-18(17)22(24)20-12-16-8-4-3-7-15(16)11-19(20)21;/h1-12H;1H3. The Kier molecular flexibility index (Phi) is 3.27. The van der Waals surface area contributed by atoms with Crippen molar-refractivity contribution in [1.29, 1.82) is 0 Å². The number of rotatable bonds is 0. The van der Waals surface area contributed by atoms with Gasteiger partial charge < -0.3 is 6.15 Å². The molecule has 0 bridgehead atoms. The molecule has 0 atom stereocenters. The van der Waals surface area contributed by atoms with E-state index in [0.717, 1.165) is 21.5 Å². The van der Waals surface area contributed by atoms with Crippen LogP contribution in [0.5, 0.6) is 0 Å². The summed E-state index contributed by atoms with van der Waals surface area (Å²) in [5.41, 5.74) is 2.01. The Morgan fingerprint density at radius 3 is 0.920 bits per heavy atom. The summed E-state index contributed by atoms with van der Waals surface area (Å²) in [6.45, 7) is 0. The fourth-order valence-electron chi connectivity index (χ4n) is 3.52. The van der Waals surface area contributed by atoms with E-state index >= 15 is 0 Å². The molecule has 0 spiro atoms. The Balaban J connectivity index is 0.00000157. The van der Waals surface area contributed by atoms with Crippen molar-refractivity contribution >= 4 is 33.1 Å². The quantitative estimate of drug-likeness (QED) is 0.439. The van der Waals surface area contributed by atoms with Crippen molar-refractivity contribution < 1.29 is 9.59 Å². The molecule has 3 heteroatoms. The molecule has 0 radical (unpaired) electrons. The van der Waals surface area contributed by atoms with Gasteiger partial charge in [-0.3, -0.25) is 9.59 Å². The summed E-state index contributed by atoms with van der Waals surface area (Å²) in [6.07, 6.45) is 0. The van der Waals surface area contributed by atoms with Crippen molar-refractivity contribution in [2.24, 2.45) is 0 Å². The van der Waals surface area contributed by atoms with Gasteiger partial charge in [0, 0.05) is 22.3 Å². The molecule has 0 aromatic heterocycles. The molecule has 5 rings (SSSR count). The number of hydrogen-bond donors (Lipinski definition) is 1. The highest BCUT2D eigenvalue weighted by atomic mass is 16.1. The minimum Gasteiger partial charge on any atom is -0.344 e. The first-order chi connectivity index (χ1) is 11.7. The Labute approximate surface area is 144 Å². The zero-order chi connectivity index (χ0) is 16.3. The lowest BCUT2D eigenvalue weighted by Gasteiger charge is -2.19. The van der Waals surface area contributed by atoms with E-state index in [9.17, 15) is 9.59 Å². The molecule has 1 aliphatic rings. The summed E-state index contributed by atoms with van der Waals surface area (Å²) < 4.78 is 0. The van der Waals surface area contributed by atoms with Gasteiger partial charge in [0.25, 0.3) is 0 Å². The fourth-order valence-corrected chi connectivity index (χ4v) is 3.52.